The van der Waals surface area contributed by atoms with E-state index in [-0.39, 0.29) is 31.2 Å². The molecule has 0 aromatic carbocycles. The number of aromatic nitrogens is 4. The highest BCUT2D eigenvalue weighted by atomic mass is 19.4. The van der Waals surface area contributed by atoms with Crippen LogP contribution in [0.4, 0.5) is 42.8 Å². The Bertz CT molecular complexity index is 1230. The topological polar surface area (TPSA) is 116 Å². The number of hydrogen-bond acceptors (Lipinski definition) is 8. The molecule has 3 aliphatic heterocycles. The Hall–Kier alpha value is -3.85. The third kappa shape index (κ3) is 5.99. The number of hydrogen-bond donors (Lipinski definition) is 2. The second-order valence-corrected chi connectivity index (χ2v) is 8.88. The van der Waals surface area contributed by atoms with Gasteiger partial charge < -0.3 is 19.9 Å². The molecule has 16 heteroatoms. The lowest BCUT2D eigenvalue weighted by molar-refractivity contribution is -0.139. The zero-order valence-electron chi connectivity index (χ0n) is 19.9. The van der Waals surface area contributed by atoms with Crippen LogP contribution in [0.1, 0.15) is 30.9 Å². The van der Waals surface area contributed by atoms with Crippen molar-refractivity contribution in [1.29, 1.82) is 0 Å². The van der Waals surface area contributed by atoms with E-state index < -0.39 is 46.9 Å². The predicted molar refractivity (Wildman–Crippen MR) is 121 cm³/mol. The molecule has 0 saturated carbocycles. The molecular formula is C22H23F6N7O3. The smallest absolute Gasteiger partial charge is 0.423 e. The molecule has 5 heterocycles. The fourth-order valence-corrected chi connectivity index (χ4v) is 4.46. The van der Waals surface area contributed by atoms with Gasteiger partial charge in [0, 0.05) is 37.6 Å². The maximum atomic E-state index is 13.2. The Morgan fingerprint density at radius 2 is 1.82 bits per heavy atom. The zero-order valence-corrected chi connectivity index (χ0v) is 19.9. The van der Waals surface area contributed by atoms with E-state index in [0.29, 0.717) is 19.4 Å². The number of ether oxygens (including phenoxy) is 1. The highest BCUT2D eigenvalue weighted by Crippen LogP contribution is 2.34. The summed E-state index contributed by atoms with van der Waals surface area (Å²) in [7, 11) is 0. The van der Waals surface area contributed by atoms with Crippen LogP contribution in [0.3, 0.4) is 0 Å². The number of rotatable bonds is 6. The van der Waals surface area contributed by atoms with E-state index in [1.807, 2.05) is 0 Å². The van der Waals surface area contributed by atoms with Gasteiger partial charge in [-0.2, -0.15) is 31.4 Å². The minimum atomic E-state index is -4.88. The molecule has 2 aromatic heterocycles. The Labute approximate surface area is 211 Å². The third-order valence-electron chi connectivity index (χ3n) is 6.24. The molecule has 3 fully saturated rings. The van der Waals surface area contributed by atoms with Crippen molar-refractivity contribution in [3.63, 3.8) is 0 Å². The van der Waals surface area contributed by atoms with Gasteiger partial charge in [-0.25, -0.2) is 19.9 Å². The summed E-state index contributed by atoms with van der Waals surface area (Å²) in [6, 6.07) is -1.08. The summed E-state index contributed by atoms with van der Waals surface area (Å²) in [6.45, 7) is 2.02. The number of anilines is 2. The SMILES string of the molecule is C[C@@H](/C=C/COC(=O)N1CC2CCC1CN2c1ncc(C(F)(F)F)cn1)Nc1cn[nH]c(=O)c1C(F)(F)F. The fraction of sp³-hybridized carbons (Fsp3) is 0.500. The van der Waals surface area contributed by atoms with Gasteiger partial charge in [-0.1, -0.05) is 6.08 Å². The van der Waals surface area contributed by atoms with Crippen molar-refractivity contribution in [3.05, 3.63) is 52.2 Å². The molecular weight excluding hydrogens is 524 g/mol. The monoisotopic (exact) mass is 547 g/mol. The third-order valence-corrected chi connectivity index (χ3v) is 6.24. The number of carbonyl (C=O) groups is 1. The average Bonchev–Trinajstić information content (AvgIpc) is 2.85. The minimum absolute atomic E-state index is 0.149. The van der Waals surface area contributed by atoms with Gasteiger partial charge in [-0.3, -0.25) is 4.79 Å². The standard InChI is InChI=1S/C22H23F6N7O3/c1-12(32-16-9-31-33-18(36)17(16)22(26,27)28)3-2-6-38-20(37)35-11-14-4-5-15(35)10-34(14)19-29-7-13(8-30-19)21(23,24)25/h2-3,7-9,12,14-15H,4-6,10-11H2,1H3,(H2,32,33,36)/b3-2+/t12-,14?,15?/m0/s1. The van der Waals surface area contributed by atoms with Crippen LogP contribution in [0.2, 0.25) is 0 Å². The highest BCUT2D eigenvalue weighted by Gasteiger charge is 2.43. The number of aromatic amines is 1. The first-order valence-corrected chi connectivity index (χ1v) is 11.5. The van der Waals surface area contributed by atoms with Gasteiger partial charge in [0.2, 0.25) is 5.95 Å². The number of nitrogens with zero attached hydrogens (tertiary/aromatic N) is 5. The Kier molecular flexibility index (Phi) is 7.51. The molecule has 38 heavy (non-hydrogen) atoms. The molecule has 0 radical (unpaired) electrons. The summed E-state index contributed by atoms with van der Waals surface area (Å²) in [5, 5.41) is 7.68. The summed E-state index contributed by atoms with van der Waals surface area (Å²) >= 11 is 0. The second kappa shape index (κ2) is 10.5. The molecule has 1 amide bonds. The number of nitrogens with one attached hydrogen (secondary N) is 2. The van der Waals surface area contributed by atoms with Crippen LogP contribution in [-0.2, 0) is 17.1 Å². The van der Waals surface area contributed by atoms with Crippen LogP contribution in [-0.4, -0.2) is 69.0 Å². The van der Waals surface area contributed by atoms with E-state index in [9.17, 15) is 35.9 Å². The maximum Gasteiger partial charge on any atom is 0.423 e. The Morgan fingerprint density at radius 1 is 1.13 bits per heavy atom. The van der Waals surface area contributed by atoms with Crippen LogP contribution in [0.5, 0.6) is 0 Å². The van der Waals surface area contributed by atoms with Gasteiger partial charge in [-0.15, -0.1) is 0 Å². The van der Waals surface area contributed by atoms with Crippen molar-refractivity contribution in [2.24, 2.45) is 0 Å². The van der Waals surface area contributed by atoms with E-state index in [4.69, 9.17) is 4.74 Å². The number of amides is 1. The summed E-state index contributed by atoms with van der Waals surface area (Å²) in [6.07, 6.45) is -3.36. The van der Waals surface area contributed by atoms with E-state index in [1.54, 1.807) is 21.8 Å². The molecule has 5 rings (SSSR count). The average molecular weight is 547 g/mol. The number of alkyl halides is 6. The zero-order chi connectivity index (χ0) is 27.7. The number of fused-ring (bicyclic) bond motifs is 3. The lowest BCUT2D eigenvalue weighted by Gasteiger charge is -2.50. The summed E-state index contributed by atoms with van der Waals surface area (Å²) in [5.74, 6) is 0.162. The Morgan fingerprint density at radius 3 is 2.42 bits per heavy atom. The van der Waals surface area contributed by atoms with Gasteiger partial charge in [-0.05, 0) is 25.8 Å². The number of carbonyl (C=O) groups excluding carboxylic acids is 1. The van der Waals surface area contributed by atoms with Crippen molar-refractivity contribution < 1.29 is 35.9 Å². The molecule has 0 spiro atoms. The number of H-pyrrole nitrogens is 1. The molecule has 3 aliphatic rings. The van der Waals surface area contributed by atoms with Crippen LogP contribution in [0.15, 0.2) is 35.5 Å². The van der Waals surface area contributed by atoms with E-state index in [1.165, 1.54) is 12.2 Å². The largest absolute Gasteiger partial charge is 0.445 e. The molecule has 10 nitrogen and oxygen atoms in total. The van der Waals surface area contributed by atoms with Crippen LogP contribution in [0, 0.1) is 0 Å². The van der Waals surface area contributed by atoms with E-state index >= 15 is 0 Å². The summed E-state index contributed by atoms with van der Waals surface area (Å²) in [4.78, 5) is 35.2. The summed E-state index contributed by atoms with van der Waals surface area (Å²) < 4.78 is 83.1. The number of halogens is 6. The Balaban J connectivity index is 1.29. The van der Waals surface area contributed by atoms with Crippen molar-refractivity contribution in [1.82, 2.24) is 25.1 Å². The minimum Gasteiger partial charge on any atom is -0.445 e. The number of piperidine rings is 2. The highest BCUT2D eigenvalue weighted by molar-refractivity contribution is 5.69. The lowest BCUT2D eigenvalue weighted by atomic mass is 9.91. The molecule has 2 N–H and O–H groups in total. The molecule has 3 saturated heterocycles. The van der Waals surface area contributed by atoms with Crippen molar-refractivity contribution in [3.8, 4) is 0 Å². The molecule has 2 unspecified atom stereocenters. The van der Waals surface area contributed by atoms with Gasteiger partial charge in [0.1, 0.15) is 12.2 Å². The van der Waals surface area contributed by atoms with Crippen molar-refractivity contribution >= 4 is 17.7 Å². The quantitative estimate of drug-likeness (QED) is 0.418. The second-order valence-electron chi connectivity index (χ2n) is 8.88. The van der Waals surface area contributed by atoms with Crippen LogP contribution in [0.25, 0.3) is 0 Å². The molecule has 2 aromatic rings. The van der Waals surface area contributed by atoms with Crippen LogP contribution < -0.4 is 15.8 Å². The van der Waals surface area contributed by atoms with Crippen molar-refractivity contribution in [2.75, 3.05) is 29.9 Å². The van der Waals surface area contributed by atoms with Gasteiger partial charge in [0.15, 0.2) is 0 Å². The first-order chi connectivity index (χ1) is 17.8. The van der Waals surface area contributed by atoms with Crippen molar-refractivity contribution in [2.45, 2.75) is 50.2 Å². The van der Waals surface area contributed by atoms with Gasteiger partial charge in [0.05, 0.1) is 23.5 Å². The van der Waals surface area contributed by atoms with Gasteiger partial charge in [0.25, 0.3) is 5.56 Å². The summed E-state index contributed by atoms with van der Waals surface area (Å²) in [5.41, 5.74) is -4.19. The first-order valence-electron chi connectivity index (χ1n) is 11.5. The van der Waals surface area contributed by atoms with E-state index in [0.717, 1.165) is 18.6 Å². The predicted octanol–water partition coefficient (Wildman–Crippen LogP) is 3.44. The lowest BCUT2D eigenvalue weighted by Crippen LogP contribution is -2.64. The van der Waals surface area contributed by atoms with Crippen LogP contribution >= 0.6 is 0 Å². The number of piperazine rings is 1. The molecule has 2 bridgehead atoms. The normalized spacial score (nSPS) is 20.6. The van der Waals surface area contributed by atoms with E-state index in [2.05, 4.69) is 20.4 Å². The first kappa shape index (κ1) is 27.2. The molecule has 206 valence electrons. The molecule has 0 aliphatic carbocycles. The maximum absolute atomic E-state index is 13.2. The van der Waals surface area contributed by atoms with Gasteiger partial charge >= 0.3 is 18.4 Å². The fourth-order valence-electron chi connectivity index (χ4n) is 4.46. The molecule has 3 atom stereocenters.